The smallest absolute Gasteiger partial charge is 0.213 e. The predicted molar refractivity (Wildman–Crippen MR) is 73.1 cm³/mol. The Morgan fingerprint density at radius 1 is 1.21 bits per heavy atom. The van der Waals surface area contributed by atoms with E-state index in [-0.39, 0.29) is 17.5 Å². The Morgan fingerprint density at radius 2 is 1.84 bits per heavy atom. The van der Waals surface area contributed by atoms with Gasteiger partial charge in [0.2, 0.25) is 5.88 Å². The van der Waals surface area contributed by atoms with Crippen LogP contribution in [0.15, 0.2) is 18.3 Å². The van der Waals surface area contributed by atoms with Gasteiger partial charge in [-0.05, 0) is 40.2 Å². The van der Waals surface area contributed by atoms with E-state index in [0.29, 0.717) is 12.5 Å². The van der Waals surface area contributed by atoms with Crippen LogP contribution >= 0.6 is 0 Å². The second-order valence-corrected chi connectivity index (χ2v) is 5.86. The number of hydrogen-bond acceptors (Lipinski definition) is 4. The first kappa shape index (κ1) is 14.3. The molecule has 1 aromatic rings. The molecule has 0 aliphatic carbocycles. The Labute approximate surface area is 115 Å². The molecule has 0 aromatic carbocycles. The van der Waals surface area contributed by atoms with E-state index in [0.717, 1.165) is 12.0 Å². The Kier molecular flexibility index (Phi) is 3.83. The molecule has 4 heteroatoms. The molecule has 0 bridgehead atoms. The number of pyridine rings is 1. The third kappa shape index (κ3) is 2.90. The maximum atomic E-state index is 6.00. The first-order valence-corrected chi connectivity index (χ1v) is 6.80. The fraction of sp³-hybridized carbons (Fsp3) is 0.667. The SMILES string of the molecule is CCCOc1cc(C2OC(C)(C)C(C)(C)O2)ccn1. The Bertz CT molecular complexity index is 427. The standard InChI is InChI=1S/C15H23NO3/c1-6-9-17-12-10-11(7-8-16-12)13-18-14(2,3)15(4,5)19-13/h7-8,10,13H,6,9H2,1-5H3. The van der Waals surface area contributed by atoms with Gasteiger partial charge in [0.05, 0.1) is 17.8 Å². The molecule has 1 fully saturated rings. The van der Waals surface area contributed by atoms with E-state index in [2.05, 4.69) is 11.9 Å². The fourth-order valence-corrected chi connectivity index (χ4v) is 1.84. The number of rotatable bonds is 4. The molecule has 1 aliphatic heterocycles. The van der Waals surface area contributed by atoms with Crippen LogP contribution in [0.4, 0.5) is 0 Å². The van der Waals surface area contributed by atoms with E-state index in [1.165, 1.54) is 0 Å². The Hall–Kier alpha value is -1.13. The summed E-state index contributed by atoms with van der Waals surface area (Å²) in [5.41, 5.74) is 0.288. The van der Waals surface area contributed by atoms with Gasteiger partial charge >= 0.3 is 0 Å². The van der Waals surface area contributed by atoms with Gasteiger partial charge < -0.3 is 14.2 Å². The van der Waals surface area contributed by atoms with Crippen LogP contribution in [-0.2, 0) is 9.47 Å². The highest BCUT2D eigenvalue weighted by Crippen LogP contribution is 2.44. The van der Waals surface area contributed by atoms with Crippen LogP contribution in [0.25, 0.3) is 0 Å². The molecular formula is C15H23NO3. The van der Waals surface area contributed by atoms with Crippen molar-refractivity contribution in [3.05, 3.63) is 23.9 Å². The minimum absolute atomic E-state index is 0.328. The molecule has 4 nitrogen and oxygen atoms in total. The van der Waals surface area contributed by atoms with Crippen LogP contribution in [0.2, 0.25) is 0 Å². The quantitative estimate of drug-likeness (QED) is 0.835. The number of hydrogen-bond donors (Lipinski definition) is 0. The van der Waals surface area contributed by atoms with Gasteiger partial charge in [0, 0.05) is 17.8 Å². The third-order valence-corrected chi connectivity index (χ3v) is 3.74. The van der Waals surface area contributed by atoms with Gasteiger partial charge in [-0.25, -0.2) is 4.98 Å². The van der Waals surface area contributed by atoms with Gasteiger partial charge in [-0.3, -0.25) is 0 Å². The first-order valence-electron chi connectivity index (χ1n) is 6.80. The van der Waals surface area contributed by atoms with E-state index >= 15 is 0 Å². The van der Waals surface area contributed by atoms with Gasteiger partial charge in [0.15, 0.2) is 6.29 Å². The zero-order chi connectivity index (χ0) is 14.1. The molecule has 0 atom stereocenters. The van der Waals surface area contributed by atoms with Gasteiger partial charge in [0.25, 0.3) is 0 Å². The van der Waals surface area contributed by atoms with Crippen molar-refractivity contribution in [2.45, 2.75) is 58.5 Å². The van der Waals surface area contributed by atoms with Gasteiger partial charge in [-0.2, -0.15) is 0 Å². The number of aromatic nitrogens is 1. The molecule has 0 N–H and O–H groups in total. The summed E-state index contributed by atoms with van der Waals surface area (Å²) in [6.45, 7) is 10.9. The molecule has 2 heterocycles. The molecule has 0 saturated carbocycles. The van der Waals surface area contributed by atoms with Crippen LogP contribution in [0.3, 0.4) is 0 Å². The molecule has 106 valence electrons. The molecule has 2 rings (SSSR count). The van der Waals surface area contributed by atoms with Gasteiger partial charge in [-0.15, -0.1) is 0 Å². The lowest BCUT2D eigenvalue weighted by atomic mass is 9.90. The molecular weight excluding hydrogens is 242 g/mol. The average molecular weight is 265 g/mol. The second-order valence-electron chi connectivity index (χ2n) is 5.86. The maximum absolute atomic E-state index is 6.00. The van der Waals surface area contributed by atoms with Gasteiger partial charge in [0.1, 0.15) is 0 Å². The molecule has 0 unspecified atom stereocenters. The monoisotopic (exact) mass is 265 g/mol. The van der Waals surface area contributed by atoms with Crippen molar-refractivity contribution in [3.8, 4) is 5.88 Å². The first-order chi connectivity index (χ1) is 8.86. The van der Waals surface area contributed by atoms with Crippen molar-refractivity contribution >= 4 is 0 Å². The lowest BCUT2D eigenvalue weighted by Crippen LogP contribution is -2.41. The molecule has 0 amide bonds. The highest BCUT2D eigenvalue weighted by atomic mass is 16.7. The molecule has 1 aliphatic rings. The van der Waals surface area contributed by atoms with Crippen molar-refractivity contribution in [3.63, 3.8) is 0 Å². The third-order valence-electron chi connectivity index (χ3n) is 3.74. The van der Waals surface area contributed by atoms with Crippen LogP contribution in [0.1, 0.15) is 52.9 Å². The minimum Gasteiger partial charge on any atom is -0.478 e. The van der Waals surface area contributed by atoms with Crippen LogP contribution < -0.4 is 4.74 Å². The van der Waals surface area contributed by atoms with Crippen LogP contribution in [0, 0.1) is 0 Å². The van der Waals surface area contributed by atoms with E-state index in [1.54, 1.807) is 6.20 Å². The lowest BCUT2D eigenvalue weighted by Gasteiger charge is -2.30. The van der Waals surface area contributed by atoms with Crippen molar-refractivity contribution in [2.75, 3.05) is 6.61 Å². The van der Waals surface area contributed by atoms with E-state index in [4.69, 9.17) is 14.2 Å². The van der Waals surface area contributed by atoms with Crippen molar-refractivity contribution in [1.82, 2.24) is 4.98 Å². The molecule has 0 spiro atoms. The summed E-state index contributed by atoms with van der Waals surface area (Å²) in [6.07, 6.45) is 2.32. The van der Waals surface area contributed by atoms with Crippen molar-refractivity contribution in [1.29, 1.82) is 0 Å². The summed E-state index contributed by atoms with van der Waals surface area (Å²) in [6, 6.07) is 3.79. The topological polar surface area (TPSA) is 40.6 Å². The molecule has 0 radical (unpaired) electrons. The zero-order valence-electron chi connectivity index (χ0n) is 12.4. The summed E-state index contributed by atoms with van der Waals surface area (Å²) in [7, 11) is 0. The normalized spacial score (nSPS) is 21.5. The maximum Gasteiger partial charge on any atom is 0.213 e. The predicted octanol–water partition coefficient (Wildman–Crippen LogP) is 3.47. The summed E-state index contributed by atoms with van der Waals surface area (Å²) in [4.78, 5) is 4.19. The van der Waals surface area contributed by atoms with Crippen LogP contribution in [-0.4, -0.2) is 22.8 Å². The van der Waals surface area contributed by atoms with E-state index in [1.807, 2.05) is 39.8 Å². The Morgan fingerprint density at radius 3 is 2.42 bits per heavy atom. The van der Waals surface area contributed by atoms with Gasteiger partial charge in [-0.1, -0.05) is 6.92 Å². The van der Waals surface area contributed by atoms with E-state index < -0.39 is 0 Å². The fourth-order valence-electron chi connectivity index (χ4n) is 1.84. The molecule has 19 heavy (non-hydrogen) atoms. The summed E-state index contributed by atoms with van der Waals surface area (Å²) in [5, 5.41) is 0. The van der Waals surface area contributed by atoms with Crippen molar-refractivity contribution < 1.29 is 14.2 Å². The Balaban J connectivity index is 2.15. The highest BCUT2D eigenvalue weighted by molar-refractivity contribution is 5.23. The molecule has 1 saturated heterocycles. The number of nitrogens with zero attached hydrogens (tertiary/aromatic N) is 1. The summed E-state index contributed by atoms with van der Waals surface area (Å²) in [5.74, 6) is 0.620. The summed E-state index contributed by atoms with van der Waals surface area (Å²) < 4.78 is 17.5. The van der Waals surface area contributed by atoms with Crippen LogP contribution in [0.5, 0.6) is 5.88 Å². The highest BCUT2D eigenvalue weighted by Gasteiger charge is 2.49. The minimum atomic E-state index is -0.364. The molecule has 1 aromatic heterocycles. The number of ether oxygens (including phenoxy) is 3. The van der Waals surface area contributed by atoms with Crippen molar-refractivity contribution in [2.24, 2.45) is 0 Å². The average Bonchev–Trinajstić information content (AvgIpc) is 2.56. The lowest BCUT2D eigenvalue weighted by molar-refractivity contribution is -0.0897. The zero-order valence-corrected chi connectivity index (χ0v) is 12.4. The second kappa shape index (κ2) is 5.10. The largest absolute Gasteiger partial charge is 0.478 e. The summed E-state index contributed by atoms with van der Waals surface area (Å²) >= 11 is 0. The van der Waals surface area contributed by atoms with E-state index in [9.17, 15) is 0 Å².